The normalized spacial score (nSPS) is 27.8. The molecule has 0 bridgehead atoms. The molecule has 2 aliphatic heterocycles. The van der Waals surface area contributed by atoms with Crippen molar-refractivity contribution in [1.82, 2.24) is 9.97 Å². The number of nitrogens with one attached hydrogen (secondary N) is 2. The first-order chi connectivity index (χ1) is 17.3. The maximum atomic E-state index is 12.3. The minimum atomic E-state index is -0.642. The van der Waals surface area contributed by atoms with E-state index in [4.69, 9.17) is 19.4 Å². The smallest absolute Gasteiger partial charge is 0.310 e. The molecule has 8 nitrogen and oxygen atoms in total. The van der Waals surface area contributed by atoms with E-state index in [0.29, 0.717) is 25.9 Å². The quantitative estimate of drug-likeness (QED) is 0.236. The molecular formula is C26H38N4O4S2. The van der Waals surface area contributed by atoms with Crippen LogP contribution in [-0.4, -0.2) is 35.0 Å². The van der Waals surface area contributed by atoms with Gasteiger partial charge in [0.25, 0.3) is 0 Å². The van der Waals surface area contributed by atoms with E-state index in [1.165, 1.54) is 22.7 Å². The van der Waals surface area contributed by atoms with Crippen LogP contribution in [0.25, 0.3) is 0 Å². The van der Waals surface area contributed by atoms with Crippen molar-refractivity contribution in [1.29, 1.82) is 0 Å². The Kier molecular flexibility index (Phi) is 8.55. The lowest BCUT2D eigenvalue weighted by Gasteiger charge is -2.20. The summed E-state index contributed by atoms with van der Waals surface area (Å²) in [6.45, 7) is 9.54. The topological polar surface area (TPSA) is 102 Å². The second kappa shape index (κ2) is 11.5. The molecule has 4 heterocycles. The Morgan fingerprint density at radius 3 is 1.64 bits per heavy atom. The number of esters is 2. The van der Waals surface area contributed by atoms with Crippen molar-refractivity contribution in [2.45, 2.75) is 90.3 Å². The van der Waals surface area contributed by atoms with Crippen LogP contribution in [-0.2, 0) is 30.3 Å². The van der Waals surface area contributed by atoms with Gasteiger partial charge in [-0.3, -0.25) is 9.59 Å². The monoisotopic (exact) mass is 534 g/mol. The van der Waals surface area contributed by atoms with E-state index in [2.05, 4.69) is 24.5 Å². The summed E-state index contributed by atoms with van der Waals surface area (Å²) in [4.78, 5) is 34.0. The van der Waals surface area contributed by atoms with E-state index in [-0.39, 0.29) is 23.8 Å². The zero-order valence-electron chi connectivity index (χ0n) is 21.7. The Balaban J connectivity index is 1.24. The molecular weight excluding hydrogens is 496 g/mol. The number of carbonyl (C=O) groups is 2. The molecule has 4 rings (SSSR count). The second-order valence-electron chi connectivity index (χ2n) is 10.3. The van der Waals surface area contributed by atoms with Crippen molar-refractivity contribution in [3.8, 4) is 0 Å². The molecule has 0 aromatic carbocycles. The van der Waals surface area contributed by atoms with Crippen LogP contribution in [0.1, 0.15) is 90.4 Å². The fourth-order valence-corrected chi connectivity index (χ4v) is 6.71. The first-order valence-electron chi connectivity index (χ1n) is 13.1. The van der Waals surface area contributed by atoms with Gasteiger partial charge in [0.2, 0.25) is 0 Å². The Hall–Kier alpha value is -2.20. The van der Waals surface area contributed by atoms with Gasteiger partial charge in [-0.2, -0.15) is 0 Å². The molecule has 0 spiro atoms. The molecule has 0 saturated carbocycles. The van der Waals surface area contributed by atoms with Gasteiger partial charge in [-0.05, 0) is 26.7 Å². The van der Waals surface area contributed by atoms with Gasteiger partial charge >= 0.3 is 11.9 Å². The number of cyclic esters (lactones) is 2. The summed E-state index contributed by atoms with van der Waals surface area (Å²) in [6, 6.07) is 0. The maximum Gasteiger partial charge on any atom is 0.310 e. The largest absolute Gasteiger partial charge is 0.453 e. The Morgan fingerprint density at radius 2 is 1.25 bits per heavy atom. The summed E-state index contributed by atoms with van der Waals surface area (Å²) < 4.78 is 11.5. The van der Waals surface area contributed by atoms with Gasteiger partial charge in [-0.1, -0.05) is 39.5 Å². The van der Waals surface area contributed by atoms with Crippen molar-refractivity contribution in [2.75, 3.05) is 23.7 Å². The van der Waals surface area contributed by atoms with Gasteiger partial charge in [0.15, 0.2) is 21.5 Å². The van der Waals surface area contributed by atoms with Crippen LogP contribution in [0, 0.1) is 11.8 Å². The van der Waals surface area contributed by atoms with Crippen molar-refractivity contribution in [3.63, 3.8) is 0 Å². The maximum absolute atomic E-state index is 12.3. The van der Waals surface area contributed by atoms with Crippen LogP contribution >= 0.6 is 22.7 Å². The van der Waals surface area contributed by atoms with Gasteiger partial charge in [-0.25, -0.2) is 9.97 Å². The molecule has 2 aromatic rings. The molecule has 2 fully saturated rings. The minimum Gasteiger partial charge on any atom is -0.453 e. The first-order valence-corrected chi connectivity index (χ1v) is 14.9. The summed E-state index contributed by atoms with van der Waals surface area (Å²) >= 11 is 3.05. The van der Waals surface area contributed by atoms with Crippen LogP contribution in [0.15, 0.2) is 10.8 Å². The number of aromatic nitrogens is 2. The van der Waals surface area contributed by atoms with Gasteiger partial charge in [-0.15, -0.1) is 22.7 Å². The Bertz CT molecular complexity index is 974. The number of unbranched alkanes of at least 4 members (excludes halogenated alkanes) is 2. The second-order valence-corrected chi connectivity index (χ2v) is 12.0. The van der Waals surface area contributed by atoms with Crippen LogP contribution in [0.2, 0.25) is 0 Å². The summed E-state index contributed by atoms with van der Waals surface area (Å²) in [6.07, 6.45) is 7.37. The standard InChI is InChI=1S/C26H38N4O4S2/c1-5-7-9-17-13-25(3,33-21(17)31)19-15-35-23(29-19)27-11-12-28-24-30-20(16-36-24)26(4)14-18(10-8-6-2)22(32)34-26/h15-18H,5-14H2,1-4H3,(H,27,29)(H,28,30)/t17-,18-,25-,26+/m0/s1. The lowest BCUT2D eigenvalue weighted by Crippen LogP contribution is -2.22. The van der Waals surface area contributed by atoms with Crippen molar-refractivity contribution in [3.05, 3.63) is 22.1 Å². The third-order valence-corrected chi connectivity index (χ3v) is 8.77. The molecule has 10 heteroatoms. The number of hydrogen-bond acceptors (Lipinski definition) is 10. The zero-order chi connectivity index (χ0) is 25.8. The summed E-state index contributed by atoms with van der Waals surface area (Å²) in [5.74, 6) is -0.258. The summed E-state index contributed by atoms with van der Waals surface area (Å²) in [5, 5.41) is 12.3. The lowest BCUT2D eigenvalue weighted by molar-refractivity contribution is -0.151. The molecule has 2 aliphatic rings. The summed E-state index contributed by atoms with van der Waals surface area (Å²) in [7, 11) is 0. The molecule has 36 heavy (non-hydrogen) atoms. The number of hydrogen-bond donors (Lipinski definition) is 2. The Morgan fingerprint density at radius 1 is 0.833 bits per heavy atom. The number of carbonyl (C=O) groups excluding carboxylic acids is 2. The molecule has 2 aromatic heterocycles. The number of anilines is 2. The highest BCUT2D eigenvalue weighted by Crippen LogP contribution is 2.43. The third-order valence-electron chi connectivity index (χ3n) is 7.17. The number of rotatable bonds is 13. The van der Waals surface area contributed by atoms with E-state index in [9.17, 15) is 9.59 Å². The van der Waals surface area contributed by atoms with E-state index in [1.54, 1.807) is 0 Å². The molecule has 4 atom stereocenters. The minimum absolute atomic E-state index is 0.0299. The average molecular weight is 535 g/mol. The van der Waals surface area contributed by atoms with E-state index in [1.807, 2.05) is 24.6 Å². The Labute approximate surface area is 221 Å². The fraction of sp³-hybridized carbons (Fsp3) is 0.692. The lowest BCUT2D eigenvalue weighted by atomic mass is 9.90. The van der Waals surface area contributed by atoms with Crippen molar-refractivity contribution < 1.29 is 19.1 Å². The molecule has 2 saturated heterocycles. The first kappa shape index (κ1) is 26.9. The van der Waals surface area contributed by atoms with Crippen LogP contribution in [0.3, 0.4) is 0 Å². The predicted octanol–water partition coefficient (Wildman–Crippen LogP) is 6.06. The van der Waals surface area contributed by atoms with Crippen LogP contribution < -0.4 is 10.6 Å². The van der Waals surface area contributed by atoms with Gasteiger partial charge in [0.05, 0.1) is 23.2 Å². The third kappa shape index (κ3) is 6.02. The van der Waals surface area contributed by atoms with Gasteiger partial charge in [0, 0.05) is 36.7 Å². The summed E-state index contributed by atoms with van der Waals surface area (Å²) in [5.41, 5.74) is 0.348. The molecule has 0 amide bonds. The SMILES string of the molecule is CCCC[C@H]1C[C@](C)(c2csc(NCCNc3nc([C@]4(C)C[C@H](CCCC)C(=O)O4)cs3)n2)OC1=O. The van der Waals surface area contributed by atoms with E-state index < -0.39 is 11.2 Å². The number of nitrogens with zero attached hydrogens (tertiary/aromatic N) is 2. The molecule has 198 valence electrons. The van der Waals surface area contributed by atoms with Gasteiger partial charge < -0.3 is 20.1 Å². The van der Waals surface area contributed by atoms with Crippen LogP contribution in [0.5, 0.6) is 0 Å². The van der Waals surface area contributed by atoms with E-state index in [0.717, 1.165) is 60.2 Å². The molecule has 0 aliphatic carbocycles. The highest BCUT2D eigenvalue weighted by molar-refractivity contribution is 7.14. The fourth-order valence-electron chi connectivity index (χ4n) is 4.99. The number of ether oxygens (including phenoxy) is 2. The van der Waals surface area contributed by atoms with Crippen molar-refractivity contribution in [2.24, 2.45) is 11.8 Å². The molecule has 2 N–H and O–H groups in total. The number of thiazole rings is 2. The zero-order valence-corrected chi connectivity index (χ0v) is 23.4. The molecule has 0 unspecified atom stereocenters. The average Bonchev–Trinajstić information content (AvgIpc) is 3.62. The molecule has 0 radical (unpaired) electrons. The van der Waals surface area contributed by atoms with E-state index >= 15 is 0 Å². The van der Waals surface area contributed by atoms with Crippen LogP contribution in [0.4, 0.5) is 10.3 Å². The van der Waals surface area contributed by atoms with Crippen molar-refractivity contribution >= 4 is 44.9 Å². The predicted molar refractivity (Wildman–Crippen MR) is 143 cm³/mol. The highest BCUT2D eigenvalue weighted by Gasteiger charge is 2.46. The van der Waals surface area contributed by atoms with Gasteiger partial charge in [0.1, 0.15) is 0 Å². The highest BCUT2D eigenvalue weighted by atomic mass is 32.1.